The average molecular weight is 549 g/mol. The van der Waals surface area contributed by atoms with Gasteiger partial charge in [-0.25, -0.2) is 9.78 Å². The van der Waals surface area contributed by atoms with E-state index in [2.05, 4.69) is 30.7 Å². The second-order valence-corrected chi connectivity index (χ2v) is 14.5. The van der Waals surface area contributed by atoms with Crippen LogP contribution >= 0.6 is 0 Å². The topological polar surface area (TPSA) is 100 Å². The number of benzene rings is 1. The average Bonchev–Trinajstić information content (AvgIpc) is 3.21. The minimum atomic E-state index is -3.76. The van der Waals surface area contributed by atoms with Crippen LogP contribution in [0, 0.1) is 5.92 Å². The first-order valence-corrected chi connectivity index (χ1v) is 15.0. The number of urea groups is 1. The summed E-state index contributed by atoms with van der Waals surface area (Å²) in [6.45, 7) is 15.9. The Morgan fingerprint density at radius 2 is 1.71 bits per heavy atom. The van der Waals surface area contributed by atoms with Crippen LogP contribution < -0.4 is 9.62 Å². The van der Waals surface area contributed by atoms with Crippen LogP contribution in [-0.2, 0) is 26.9 Å². The van der Waals surface area contributed by atoms with Gasteiger partial charge in [0.25, 0.3) is 0 Å². The van der Waals surface area contributed by atoms with Crippen molar-refractivity contribution in [2.75, 3.05) is 50.7 Å². The quantitative estimate of drug-likeness (QED) is 0.616. The number of aromatic nitrogens is 2. The van der Waals surface area contributed by atoms with Crippen molar-refractivity contribution < 1.29 is 17.9 Å². The first-order valence-electron chi connectivity index (χ1n) is 13.6. The molecule has 0 spiro atoms. The zero-order valence-corrected chi connectivity index (χ0v) is 24.8. The number of piperazine rings is 1. The van der Waals surface area contributed by atoms with Crippen LogP contribution in [0.4, 0.5) is 10.5 Å². The Kier molecular flexibility index (Phi) is 8.03. The van der Waals surface area contributed by atoms with Gasteiger partial charge in [-0.15, -0.1) is 0 Å². The lowest BCUT2D eigenvalue weighted by Gasteiger charge is -2.37. The molecular weight excluding hydrogens is 504 g/mol. The van der Waals surface area contributed by atoms with Gasteiger partial charge in [-0.3, -0.25) is 4.31 Å². The summed E-state index contributed by atoms with van der Waals surface area (Å²) in [6, 6.07) is 5.56. The molecule has 2 aliphatic heterocycles. The third kappa shape index (κ3) is 6.26. The summed E-state index contributed by atoms with van der Waals surface area (Å²) in [6.07, 6.45) is 2.07. The van der Waals surface area contributed by atoms with Gasteiger partial charge < -0.3 is 19.5 Å². The molecule has 1 aromatic carbocycles. The molecule has 0 radical (unpaired) electrons. The molecule has 2 amide bonds. The van der Waals surface area contributed by atoms with Gasteiger partial charge in [0.05, 0.1) is 16.7 Å². The van der Waals surface area contributed by atoms with Gasteiger partial charge in [0.1, 0.15) is 5.82 Å². The van der Waals surface area contributed by atoms with Crippen molar-refractivity contribution >= 4 is 33.0 Å². The maximum atomic E-state index is 13.5. The van der Waals surface area contributed by atoms with Gasteiger partial charge in [0.2, 0.25) is 0 Å². The zero-order valence-electron chi connectivity index (χ0n) is 24.0. The number of nitrogens with one attached hydrogen (secondary N) is 1. The first-order chi connectivity index (χ1) is 17.7. The molecule has 2 aliphatic rings. The van der Waals surface area contributed by atoms with E-state index in [1.807, 2.05) is 39.0 Å². The molecule has 4 rings (SSSR count). The number of ether oxygens (including phenoxy) is 1. The van der Waals surface area contributed by atoms with Crippen LogP contribution in [-0.4, -0.2) is 85.2 Å². The number of nitrogens with zero attached hydrogens (tertiary/aromatic N) is 5. The number of amides is 2. The summed E-state index contributed by atoms with van der Waals surface area (Å²) < 4.78 is 37.7. The highest BCUT2D eigenvalue weighted by molar-refractivity contribution is 7.90. The molecule has 3 heterocycles. The van der Waals surface area contributed by atoms with Crippen molar-refractivity contribution in [3.05, 3.63) is 24.0 Å². The third-order valence-corrected chi connectivity index (χ3v) is 9.15. The second kappa shape index (κ2) is 10.7. The molecule has 0 unspecified atom stereocenters. The molecule has 0 atom stereocenters. The fraction of sp³-hybridized carbons (Fsp3) is 0.704. The first kappa shape index (κ1) is 28.6. The molecule has 212 valence electrons. The van der Waals surface area contributed by atoms with Crippen molar-refractivity contribution in [3.63, 3.8) is 0 Å². The van der Waals surface area contributed by atoms with Crippen LogP contribution in [0.1, 0.15) is 60.2 Å². The number of carbonyl (C=O) groups is 1. The van der Waals surface area contributed by atoms with Crippen LogP contribution in [0.2, 0.25) is 0 Å². The third-order valence-electron chi connectivity index (χ3n) is 7.23. The SMILES string of the molecule is CN(c1ccc2c(c1)nc(C(C)(C)C)n2CC1CCOCC1)S(=O)(=O)N1CCN(C(=O)NC(C)(C)C)CC1. The van der Waals surface area contributed by atoms with E-state index in [4.69, 9.17) is 9.72 Å². The molecule has 0 bridgehead atoms. The van der Waals surface area contributed by atoms with Gasteiger partial charge >= 0.3 is 16.2 Å². The standard InChI is InChI=1S/C27H44N6O4S/c1-26(2,3)24-28-22-18-21(8-9-23(22)33(24)19-20-10-16-37-17-11-20)30(7)38(35,36)32-14-12-31(13-15-32)25(34)29-27(4,5)6/h8-9,18,20H,10-17,19H2,1-7H3,(H,29,34). The van der Waals surface area contributed by atoms with Gasteiger partial charge in [-0.05, 0) is 57.7 Å². The van der Waals surface area contributed by atoms with Gasteiger partial charge in [-0.2, -0.15) is 12.7 Å². The molecule has 11 heteroatoms. The second-order valence-electron chi connectivity index (χ2n) is 12.6. The van der Waals surface area contributed by atoms with Crippen molar-refractivity contribution in [2.24, 2.45) is 5.92 Å². The van der Waals surface area contributed by atoms with E-state index in [0.29, 0.717) is 24.7 Å². The van der Waals surface area contributed by atoms with E-state index in [-0.39, 0.29) is 30.1 Å². The predicted octanol–water partition coefficient (Wildman–Crippen LogP) is 3.57. The highest BCUT2D eigenvalue weighted by Gasteiger charge is 2.33. The number of fused-ring (bicyclic) bond motifs is 1. The summed E-state index contributed by atoms with van der Waals surface area (Å²) in [5.41, 5.74) is 1.90. The molecule has 0 saturated carbocycles. The highest BCUT2D eigenvalue weighted by Crippen LogP contribution is 2.32. The molecule has 1 aromatic heterocycles. The number of carbonyl (C=O) groups excluding carboxylic acids is 1. The number of anilines is 1. The largest absolute Gasteiger partial charge is 0.381 e. The Bertz CT molecular complexity index is 1250. The van der Waals surface area contributed by atoms with E-state index >= 15 is 0 Å². The lowest BCUT2D eigenvalue weighted by Crippen LogP contribution is -2.57. The Labute approximate surface area is 227 Å². The minimum Gasteiger partial charge on any atom is -0.381 e. The molecule has 2 aromatic rings. The lowest BCUT2D eigenvalue weighted by molar-refractivity contribution is 0.0611. The fourth-order valence-corrected chi connectivity index (χ4v) is 6.44. The molecule has 2 fully saturated rings. The normalized spacial score (nSPS) is 18.7. The number of imidazole rings is 1. The van der Waals surface area contributed by atoms with Crippen LogP contribution in [0.25, 0.3) is 11.0 Å². The van der Waals surface area contributed by atoms with Gasteiger partial charge in [0.15, 0.2) is 0 Å². The zero-order chi connectivity index (χ0) is 27.9. The van der Waals surface area contributed by atoms with Crippen molar-refractivity contribution in [1.29, 1.82) is 0 Å². The predicted molar refractivity (Wildman–Crippen MR) is 151 cm³/mol. The van der Waals surface area contributed by atoms with Crippen molar-refractivity contribution in [1.82, 2.24) is 24.1 Å². The van der Waals surface area contributed by atoms with E-state index in [0.717, 1.165) is 49.5 Å². The maximum absolute atomic E-state index is 13.5. The van der Waals surface area contributed by atoms with E-state index in [1.54, 1.807) is 11.9 Å². The van der Waals surface area contributed by atoms with Gasteiger partial charge in [-0.1, -0.05) is 20.8 Å². The van der Waals surface area contributed by atoms with Crippen molar-refractivity contribution in [2.45, 2.75) is 71.9 Å². The van der Waals surface area contributed by atoms with E-state index < -0.39 is 10.2 Å². The monoisotopic (exact) mass is 548 g/mol. The number of hydrogen-bond acceptors (Lipinski definition) is 5. The minimum absolute atomic E-state index is 0.152. The summed E-state index contributed by atoms with van der Waals surface area (Å²) in [5, 5.41) is 2.94. The maximum Gasteiger partial charge on any atom is 0.317 e. The van der Waals surface area contributed by atoms with Crippen LogP contribution in [0.5, 0.6) is 0 Å². The van der Waals surface area contributed by atoms with Crippen molar-refractivity contribution in [3.8, 4) is 0 Å². The lowest BCUT2D eigenvalue weighted by atomic mass is 9.94. The molecule has 38 heavy (non-hydrogen) atoms. The molecule has 0 aliphatic carbocycles. The summed E-state index contributed by atoms with van der Waals surface area (Å²) in [7, 11) is -2.18. The molecule has 1 N–H and O–H groups in total. The Morgan fingerprint density at radius 3 is 2.29 bits per heavy atom. The number of hydrogen-bond donors (Lipinski definition) is 1. The van der Waals surface area contributed by atoms with Crippen LogP contribution in [0.15, 0.2) is 18.2 Å². The highest BCUT2D eigenvalue weighted by atomic mass is 32.2. The Balaban J connectivity index is 1.53. The van der Waals surface area contributed by atoms with E-state index in [1.165, 1.54) is 8.61 Å². The smallest absolute Gasteiger partial charge is 0.317 e. The Hall–Kier alpha value is -2.37. The summed E-state index contributed by atoms with van der Waals surface area (Å²) in [4.78, 5) is 19.2. The summed E-state index contributed by atoms with van der Waals surface area (Å²) in [5.74, 6) is 1.54. The Morgan fingerprint density at radius 1 is 1.08 bits per heavy atom. The van der Waals surface area contributed by atoms with E-state index in [9.17, 15) is 13.2 Å². The molecule has 2 saturated heterocycles. The van der Waals surface area contributed by atoms with Gasteiger partial charge in [0, 0.05) is 63.9 Å². The fourth-order valence-electron chi connectivity index (χ4n) is 5.09. The molecular formula is C27H44N6O4S. The summed E-state index contributed by atoms with van der Waals surface area (Å²) >= 11 is 0. The molecule has 10 nitrogen and oxygen atoms in total. The number of rotatable bonds is 5. The van der Waals surface area contributed by atoms with Crippen LogP contribution in [0.3, 0.4) is 0 Å².